The summed E-state index contributed by atoms with van der Waals surface area (Å²) in [6, 6.07) is 4.51. The number of para-hydroxylation sites is 1. The molecule has 0 radical (unpaired) electrons. The number of nitrogens with zero attached hydrogens (tertiary/aromatic N) is 1. The van der Waals surface area contributed by atoms with Gasteiger partial charge in [-0.1, -0.05) is 12.1 Å². The molecule has 2 amide bonds. The summed E-state index contributed by atoms with van der Waals surface area (Å²) in [5, 5.41) is 2.36. The number of rotatable bonds is 4. The molecule has 4 nitrogen and oxygen atoms in total. The maximum atomic E-state index is 12.9. The van der Waals surface area contributed by atoms with E-state index in [0.717, 1.165) is 25.3 Å². The Morgan fingerprint density at radius 1 is 1.33 bits per heavy atom. The summed E-state index contributed by atoms with van der Waals surface area (Å²) in [4.78, 5) is 13.7. The number of urea groups is 1. The Balaban J connectivity index is 2.14. The number of amides is 2. The van der Waals surface area contributed by atoms with Crippen molar-refractivity contribution < 1.29 is 18.0 Å². The number of hydrogen-bond donors (Lipinski definition) is 2. The molecule has 3 N–H and O–H groups in total. The second-order valence-electron chi connectivity index (χ2n) is 5.04. The molecule has 0 heterocycles. The zero-order chi connectivity index (χ0) is 15.5. The van der Waals surface area contributed by atoms with E-state index in [9.17, 15) is 18.0 Å². The largest absolute Gasteiger partial charge is 0.418 e. The molecule has 1 aromatic carbocycles. The first-order chi connectivity index (χ1) is 9.93. The molecule has 0 aliphatic heterocycles. The Morgan fingerprint density at radius 3 is 2.52 bits per heavy atom. The quantitative estimate of drug-likeness (QED) is 0.898. The number of benzene rings is 1. The summed E-state index contributed by atoms with van der Waals surface area (Å²) in [5.74, 6) is 0. The summed E-state index contributed by atoms with van der Waals surface area (Å²) in [7, 11) is 0. The molecule has 21 heavy (non-hydrogen) atoms. The van der Waals surface area contributed by atoms with Crippen molar-refractivity contribution in [2.75, 3.05) is 18.4 Å². The van der Waals surface area contributed by atoms with Crippen LogP contribution in [-0.2, 0) is 6.18 Å². The lowest BCUT2D eigenvalue weighted by molar-refractivity contribution is -0.136. The Hall–Kier alpha value is -1.76. The zero-order valence-electron chi connectivity index (χ0n) is 11.5. The van der Waals surface area contributed by atoms with Crippen LogP contribution in [0.1, 0.15) is 24.8 Å². The normalized spacial score (nSPS) is 15.4. The van der Waals surface area contributed by atoms with Gasteiger partial charge in [-0.2, -0.15) is 13.2 Å². The van der Waals surface area contributed by atoms with Crippen LogP contribution in [0.4, 0.5) is 23.7 Å². The lowest BCUT2D eigenvalue weighted by Gasteiger charge is -2.37. The molecule has 1 aliphatic carbocycles. The molecule has 7 heteroatoms. The maximum Gasteiger partial charge on any atom is 0.418 e. The minimum Gasteiger partial charge on any atom is -0.329 e. The molecule has 1 aliphatic rings. The molecule has 0 aromatic heterocycles. The number of nitrogens with one attached hydrogen (secondary N) is 1. The van der Waals surface area contributed by atoms with Gasteiger partial charge in [-0.25, -0.2) is 4.79 Å². The van der Waals surface area contributed by atoms with E-state index >= 15 is 0 Å². The molecule has 1 fully saturated rings. The van der Waals surface area contributed by atoms with E-state index in [-0.39, 0.29) is 18.3 Å². The van der Waals surface area contributed by atoms with Crippen LogP contribution in [0.25, 0.3) is 0 Å². The minimum atomic E-state index is -4.50. The van der Waals surface area contributed by atoms with Crippen LogP contribution in [0.5, 0.6) is 0 Å². The van der Waals surface area contributed by atoms with Crippen LogP contribution >= 0.6 is 0 Å². The third kappa shape index (κ3) is 3.66. The Bertz CT molecular complexity index is 500. The van der Waals surface area contributed by atoms with Gasteiger partial charge in [0.15, 0.2) is 0 Å². The van der Waals surface area contributed by atoms with Gasteiger partial charge in [-0.15, -0.1) is 0 Å². The van der Waals surface area contributed by atoms with E-state index in [1.165, 1.54) is 23.1 Å². The Kier molecular flexibility index (Phi) is 4.72. The van der Waals surface area contributed by atoms with Crippen molar-refractivity contribution in [2.24, 2.45) is 5.73 Å². The van der Waals surface area contributed by atoms with Crippen molar-refractivity contribution in [3.8, 4) is 0 Å². The van der Waals surface area contributed by atoms with Gasteiger partial charge in [0.1, 0.15) is 0 Å². The molecule has 116 valence electrons. The average Bonchev–Trinajstić information content (AvgIpc) is 2.35. The summed E-state index contributed by atoms with van der Waals surface area (Å²) in [6.45, 7) is 0.621. The number of nitrogens with two attached hydrogens (primary N) is 1. The van der Waals surface area contributed by atoms with E-state index in [4.69, 9.17) is 5.73 Å². The molecule has 0 bridgehead atoms. The third-order valence-electron chi connectivity index (χ3n) is 3.62. The number of hydrogen-bond acceptors (Lipinski definition) is 2. The van der Waals surface area contributed by atoms with Gasteiger partial charge in [-0.3, -0.25) is 0 Å². The number of carbonyl (C=O) groups is 1. The maximum absolute atomic E-state index is 12.9. The van der Waals surface area contributed by atoms with E-state index in [1.54, 1.807) is 0 Å². The second kappa shape index (κ2) is 6.34. The fourth-order valence-electron chi connectivity index (χ4n) is 2.31. The van der Waals surface area contributed by atoms with E-state index in [1.807, 2.05) is 0 Å². The standard InChI is InChI=1S/C14H18F3N3O/c15-14(16,17)11-6-1-2-7-12(11)19-13(21)20(9-8-18)10-4-3-5-10/h1-2,6-7,10H,3-5,8-9,18H2,(H,19,21). The highest BCUT2D eigenvalue weighted by Crippen LogP contribution is 2.35. The van der Waals surface area contributed by atoms with E-state index in [0.29, 0.717) is 6.54 Å². The molecule has 1 aromatic rings. The molecular weight excluding hydrogens is 283 g/mol. The molecular formula is C14H18F3N3O. The van der Waals surface area contributed by atoms with Gasteiger partial charge in [-0.05, 0) is 31.4 Å². The van der Waals surface area contributed by atoms with Crippen molar-refractivity contribution in [1.82, 2.24) is 4.90 Å². The summed E-state index contributed by atoms with van der Waals surface area (Å²) < 4.78 is 38.7. The summed E-state index contributed by atoms with van der Waals surface area (Å²) in [6.07, 6.45) is -1.74. The van der Waals surface area contributed by atoms with Crippen molar-refractivity contribution in [3.05, 3.63) is 29.8 Å². The lowest BCUT2D eigenvalue weighted by Crippen LogP contribution is -2.48. The molecule has 2 rings (SSSR count). The minimum absolute atomic E-state index is 0.0756. The fourth-order valence-corrected chi connectivity index (χ4v) is 2.31. The van der Waals surface area contributed by atoms with Crippen LogP contribution in [0.3, 0.4) is 0 Å². The molecule has 0 atom stereocenters. The number of anilines is 1. The van der Waals surface area contributed by atoms with Crippen molar-refractivity contribution >= 4 is 11.7 Å². The van der Waals surface area contributed by atoms with Gasteiger partial charge in [0.2, 0.25) is 0 Å². The number of carbonyl (C=O) groups excluding carboxylic acids is 1. The molecule has 0 spiro atoms. The van der Waals surface area contributed by atoms with Gasteiger partial charge in [0.25, 0.3) is 0 Å². The van der Waals surface area contributed by atoms with Crippen LogP contribution in [-0.4, -0.2) is 30.1 Å². The molecule has 0 unspecified atom stereocenters. The predicted molar refractivity (Wildman–Crippen MR) is 73.9 cm³/mol. The highest BCUT2D eigenvalue weighted by Gasteiger charge is 2.34. The van der Waals surface area contributed by atoms with E-state index in [2.05, 4.69) is 5.32 Å². The number of halogens is 3. The molecule has 1 saturated carbocycles. The third-order valence-corrected chi connectivity index (χ3v) is 3.62. The van der Waals surface area contributed by atoms with Gasteiger partial charge >= 0.3 is 12.2 Å². The van der Waals surface area contributed by atoms with Gasteiger partial charge in [0.05, 0.1) is 11.3 Å². The van der Waals surface area contributed by atoms with E-state index < -0.39 is 17.8 Å². The van der Waals surface area contributed by atoms with Gasteiger partial charge in [0, 0.05) is 19.1 Å². The summed E-state index contributed by atoms with van der Waals surface area (Å²) >= 11 is 0. The average molecular weight is 301 g/mol. The fraction of sp³-hybridized carbons (Fsp3) is 0.500. The Labute approximate surface area is 121 Å². The molecule has 0 saturated heterocycles. The number of alkyl halides is 3. The zero-order valence-corrected chi connectivity index (χ0v) is 11.5. The monoisotopic (exact) mass is 301 g/mol. The SMILES string of the molecule is NCCN(C(=O)Nc1ccccc1C(F)(F)F)C1CCC1. The van der Waals surface area contributed by atoms with Crippen LogP contribution in [0, 0.1) is 0 Å². The first-order valence-electron chi connectivity index (χ1n) is 6.87. The second-order valence-corrected chi connectivity index (χ2v) is 5.04. The van der Waals surface area contributed by atoms with Crippen LogP contribution in [0.2, 0.25) is 0 Å². The van der Waals surface area contributed by atoms with Crippen LogP contribution < -0.4 is 11.1 Å². The highest BCUT2D eigenvalue weighted by molar-refractivity contribution is 5.90. The first-order valence-corrected chi connectivity index (χ1v) is 6.87. The van der Waals surface area contributed by atoms with Crippen molar-refractivity contribution in [1.29, 1.82) is 0 Å². The van der Waals surface area contributed by atoms with Crippen LogP contribution in [0.15, 0.2) is 24.3 Å². The first kappa shape index (κ1) is 15.6. The lowest BCUT2D eigenvalue weighted by atomic mass is 9.91. The highest BCUT2D eigenvalue weighted by atomic mass is 19.4. The van der Waals surface area contributed by atoms with Crippen molar-refractivity contribution in [2.45, 2.75) is 31.5 Å². The summed E-state index contributed by atoms with van der Waals surface area (Å²) in [5.41, 5.74) is 4.40. The predicted octanol–water partition coefficient (Wildman–Crippen LogP) is 3.05. The topological polar surface area (TPSA) is 58.4 Å². The van der Waals surface area contributed by atoms with Gasteiger partial charge < -0.3 is 16.0 Å². The van der Waals surface area contributed by atoms with Crippen molar-refractivity contribution in [3.63, 3.8) is 0 Å². The Morgan fingerprint density at radius 2 is 2.00 bits per heavy atom. The smallest absolute Gasteiger partial charge is 0.329 e.